The Bertz CT molecular complexity index is 595. The molecule has 1 nitrogen and oxygen atoms in total. The molecule has 110 valence electrons. The highest BCUT2D eigenvalue weighted by Crippen LogP contribution is 2.23. The fourth-order valence-electron chi connectivity index (χ4n) is 1.84. The van der Waals surface area contributed by atoms with E-state index in [2.05, 4.69) is 23.8 Å². The van der Waals surface area contributed by atoms with E-state index < -0.39 is 6.36 Å². The van der Waals surface area contributed by atoms with Gasteiger partial charge in [-0.2, -0.15) is 0 Å². The fourth-order valence-corrected chi connectivity index (χ4v) is 1.84. The molecule has 0 atom stereocenters. The van der Waals surface area contributed by atoms with Crippen LogP contribution < -0.4 is 4.74 Å². The zero-order chi connectivity index (χ0) is 15.3. The number of hydrogen-bond donors (Lipinski definition) is 0. The molecule has 21 heavy (non-hydrogen) atoms. The number of rotatable bonds is 4. The van der Waals surface area contributed by atoms with Crippen LogP contribution in [0, 0.1) is 0 Å². The van der Waals surface area contributed by atoms with Gasteiger partial charge in [-0.25, -0.2) is 0 Å². The first kappa shape index (κ1) is 15.2. The third-order valence-electron chi connectivity index (χ3n) is 2.97. The highest BCUT2D eigenvalue weighted by molar-refractivity contribution is 5.69. The normalized spacial score (nSPS) is 11.8. The lowest BCUT2D eigenvalue weighted by Crippen LogP contribution is -2.16. The highest BCUT2D eigenvalue weighted by Gasteiger charge is 2.30. The molecule has 0 saturated carbocycles. The van der Waals surface area contributed by atoms with Crippen molar-refractivity contribution >= 4 is 12.2 Å². The van der Waals surface area contributed by atoms with Crippen molar-refractivity contribution < 1.29 is 17.9 Å². The Labute approximate surface area is 121 Å². The Morgan fingerprint density at radius 1 is 0.857 bits per heavy atom. The van der Waals surface area contributed by atoms with Gasteiger partial charge in [0.15, 0.2) is 0 Å². The summed E-state index contributed by atoms with van der Waals surface area (Å²) in [6.07, 6.45) is 0.0976. The standard InChI is InChI=1S/C17H15F3O/c1-2-13-3-5-14(6-4-13)7-8-15-9-11-16(12-10-15)21-17(18,19)20/h3-12H,2H2,1H3/b8-7+. The topological polar surface area (TPSA) is 9.23 Å². The Morgan fingerprint density at radius 3 is 1.76 bits per heavy atom. The molecule has 0 N–H and O–H groups in total. The molecule has 2 aromatic carbocycles. The van der Waals surface area contributed by atoms with Crippen molar-refractivity contribution in [3.8, 4) is 5.75 Å². The van der Waals surface area contributed by atoms with Crippen molar-refractivity contribution in [1.29, 1.82) is 0 Å². The molecule has 2 aromatic rings. The van der Waals surface area contributed by atoms with Gasteiger partial charge in [-0.1, -0.05) is 55.5 Å². The Hall–Kier alpha value is -2.23. The van der Waals surface area contributed by atoms with Crippen LogP contribution in [0.5, 0.6) is 5.75 Å². The quantitative estimate of drug-likeness (QED) is 0.693. The van der Waals surface area contributed by atoms with Crippen LogP contribution in [0.25, 0.3) is 12.2 Å². The van der Waals surface area contributed by atoms with E-state index in [1.165, 1.54) is 17.7 Å². The van der Waals surface area contributed by atoms with Crippen LogP contribution in [0.2, 0.25) is 0 Å². The van der Waals surface area contributed by atoms with E-state index in [0.717, 1.165) is 17.5 Å². The van der Waals surface area contributed by atoms with Gasteiger partial charge in [-0.05, 0) is 35.2 Å². The molecule has 0 unspecified atom stereocenters. The molecular weight excluding hydrogens is 277 g/mol. The van der Waals surface area contributed by atoms with E-state index >= 15 is 0 Å². The molecule has 0 spiro atoms. The van der Waals surface area contributed by atoms with Crippen molar-refractivity contribution in [2.24, 2.45) is 0 Å². The number of benzene rings is 2. The first-order valence-corrected chi connectivity index (χ1v) is 6.59. The number of hydrogen-bond acceptors (Lipinski definition) is 1. The van der Waals surface area contributed by atoms with Gasteiger partial charge in [-0.15, -0.1) is 13.2 Å². The molecule has 0 fully saturated rings. The second kappa shape index (κ2) is 6.48. The van der Waals surface area contributed by atoms with E-state index in [9.17, 15) is 13.2 Å². The van der Waals surface area contributed by atoms with Crippen molar-refractivity contribution in [3.63, 3.8) is 0 Å². The van der Waals surface area contributed by atoms with E-state index in [-0.39, 0.29) is 5.75 Å². The summed E-state index contributed by atoms with van der Waals surface area (Å²) in [5.41, 5.74) is 3.12. The minimum atomic E-state index is -4.65. The van der Waals surface area contributed by atoms with Gasteiger partial charge in [0.05, 0.1) is 0 Å². The van der Waals surface area contributed by atoms with Gasteiger partial charge in [0.1, 0.15) is 5.75 Å². The first-order chi connectivity index (χ1) is 9.96. The molecule has 0 heterocycles. The molecule has 0 aromatic heterocycles. The van der Waals surface area contributed by atoms with Crippen LogP contribution in [0.4, 0.5) is 13.2 Å². The van der Waals surface area contributed by atoms with Gasteiger partial charge < -0.3 is 4.74 Å². The van der Waals surface area contributed by atoms with Crippen LogP contribution in [0.15, 0.2) is 48.5 Å². The molecule has 0 aliphatic carbocycles. The number of aryl methyl sites for hydroxylation is 1. The van der Waals surface area contributed by atoms with Crippen molar-refractivity contribution in [2.45, 2.75) is 19.7 Å². The lowest BCUT2D eigenvalue weighted by Gasteiger charge is -2.08. The van der Waals surface area contributed by atoms with Crippen molar-refractivity contribution in [1.82, 2.24) is 0 Å². The number of alkyl halides is 3. The summed E-state index contributed by atoms with van der Waals surface area (Å²) in [4.78, 5) is 0. The van der Waals surface area contributed by atoms with Crippen LogP contribution in [0.3, 0.4) is 0 Å². The molecule has 2 rings (SSSR count). The number of halogens is 3. The molecule has 0 amide bonds. The second-order valence-electron chi connectivity index (χ2n) is 4.55. The average molecular weight is 292 g/mol. The summed E-state index contributed by atoms with van der Waals surface area (Å²) < 4.78 is 39.9. The molecule has 0 aliphatic rings. The largest absolute Gasteiger partial charge is 0.573 e. The summed E-state index contributed by atoms with van der Waals surface area (Å²) in [6.45, 7) is 2.09. The lowest BCUT2D eigenvalue weighted by atomic mass is 10.1. The summed E-state index contributed by atoms with van der Waals surface area (Å²) >= 11 is 0. The maximum absolute atomic E-state index is 12.0. The third kappa shape index (κ3) is 4.99. The maximum atomic E-state index is 12.0. The van der Waals surface area contributed by atoms with E-state index in [0.29, 0.717) is 0 Å². The smallest absolute Gasteiger partial charge is 0.406 e. The predicted octanol–water partition coefficient (Wildman–Crippen LogP) is 5.32. The molecular formula is C17H15F3O. The van der Waals surface area contributed by atoms with E-state index in [4.69, 9.17) is 0 Å². The van der Waals surface area contributed by atoms with Gasteiger partial charge >= 0.3 is 6.36 Å². The van der Waals surface area contributed by atoms with Crippen LogP contribution in [-0.2, 0) is 6.42 Å². The second-order valence-corrected chi connectivity index (χ2v) is 4.55. The molecule has 4 heteroatoms. The van der Waals surface area contributed by atoms with Gasteiger partial charge in [-0.3, -0.25) is 0 Å². The lowest BCUT2D eigenvalue weighted by molar-refractivity contribution is -0.274. The van der Waals surface area contributed by atoms with Crippen LogP contribution in [0.1, 0.15) is 23.6 Å². The van der Waals surface area contributed by atoms with E-state index in [1.807, 2.05) is 24.3 Å². The van der Waals surface area contributed by atoms with Gasteiger partial charge in [0.2, 0.25) is 0 Å². The third-order valence-corrected chi connectivity index (χ3v) is 2.97. The van der Waals surface area contributed by atoms with Gasteiger partial charge in [0, 0.05) is 0 Å². The summed E-state index contributed by atoms with van der Waals surface area (Å²) in [5.74, 6) is -0.216. The fraction of sp³-hybridized carbons (Fsp3) is 0.176. The summed E-state index contributed by atoms with van der Waals surface area (Å²) in [7, 11) is 0. The molecule has 0 bridgehead atoms. The highest BCUT2D eigenvalue weighted by atomic mass is 19.4. The minimum absolute atomic E-state index is 0.216. The first-order valence-electron chi connectivity index (χ1n) is 6.59. The van der Waals surface area contributed by atoms with Crippen molar-refractivity contribution in [3.05, 3.63) is 65.2 Å². The van der Waals surface area contributed by atoms with Crippen LogP contribution in [-0.4, -0.2) is 6.36 Å². The SMILES string of the molecule is CCc1ccc(/C=C/c2ccc(OC(F)(F)F)cc2)cc1. The average Bonchev–Trinajstić information content (AvgIpc) is 2.45. The molecule has 0 saturated heterocycles. The zero-order valence-corrected chi connectivity index (χ0v) is 11.5. The maximum Gasteiger partial charge on any atom is 0.573 e. The van der Waals surface area contributed by atoms with E-state index in [1.54, 1.807) is 12.1 Å². The summed E-state index contributed by atoms with van der Waals surface area (Å²) in [5, 5.41) is 0. The van der Waals surface area contributed by atoms with Crippen molar-refractivity contribution in [2.75, 3.05) is 0 Å². The molecule has 0 radical (unpaired) electrons. The summed E-state index contributed by atoms with van der Waals surface area (Å²) in [6, 6.07) is 13.9. The Balaban J connectivity index is 2.03. The minimum Gasteiger partial charge on any atom is -0.406 e. The monoisotopic (exact) mass is 292 g/mol. The predicted molar refractivity (Wildman–Crippen MR) is 77.9 cm³/mol. The zero-order valence-electron chi connectivity index (χ0n) is 11.5. The van der Waals surface area contributed by atoms with Crippen LogP contribution >= 0.6 is 0 Å². The molecule has 0 aliphatic heterocycles. The Kier molecular flexibility index (Phi) is 4.68. The number of ether oxygens (including phenoxy) is 1. The van der Waals surface area contributed by atoms with Gasteiger partial charge in [0.25, 0.3) is 0 Å². The Morgan fingerprint density at radius 2 is 1.33 bits per heavy atom.